The van der Waals surface area contributed by atoms with Gasteiger partial charge in [-0.15, -0.1) is 0 Å². The average Bonchev–Trinajstić information content (AvgIpc) is 3.40. The molecule has 0 saturated heterocycles. The molecule has 0 spiro atoms. The molecule has 3 aromatic heterocycles. The first-order valence-electron chi connectivity index (χ1n) is 11.2. The van der Waals surface area contributed by atoms with Crippen LogP contribution < -0.4 is 4.74 Å². The number of ether oxygens (including phenoxy) is 1. The van der Waals surface area contributed by atoms with Gasteiger partial charge in [0.05, 0.1) is 0 Å². The fourth-order valence-corrected chi connectivity index (χ4v) is 7.21. The Kier molecular flexibility index (Phi) is 5.33. The van der Waals surface area contributed by atoms with Crippen molar-refractivity contribution in [1.82, 2.24) is 9.55 Å². The molecule has 0 radical (unpaired) electrons. The topological polar surface area (TPSA) is 27.1 Å². The van der Waals surface area contributed by atoms with E-state index in [4.69, 9.17) is 9.72 Å². The molecule has 0 aliphatic rings. The van der Waals surface area contributed by atoms with Gasteiger partial charge in [-0.3, -0.25) is 0 Å². The molecule has 3 heterocycles. The van der Waals surface area contributed by atoms with Gasteiger partial charge in [0.25, 0.3) is 0 Å². The molecule has 34 heavy (non-hydrogen) atoms. The molecule has 5 heteroatoms. The maximum atomic E-state index is 6.24. The summed E-state index contributed by atoms with van der Waals surface area (Å²) in [6.07, 6.45) is 0. The second-order valence-corrected chi connectivity index (χ2v) is 13.0. The first-order valence-corrected chi connectivity index (χ1v) is 14.5. The number of fused-ring (bicyclic) bond motifs is 4. The molecule has 0 saturated carbocycles. The van der Waals surface area contributed by atoms with Gasteiger partial charge in [-0.2, -0.15) is 0 Å². The van der Waals surface area contributed by atoms with Crippen LogP contribution in [0.1, 0.15) is 26.3 Å². The van der Waals surface area contributed by atoms with Crippen molar-refractivity contribution in [3.05, 3.63) is 93.0 Å². The van der Waals surface area contributed by atoms with E-state index in [0.717, 1.165) is 32.8 Å². The summed E-state index contributed by atoms with van der Waals surface area (Å²) in [4.78, 5) is 5.21. The summed E-state index contributed by atoms with van der Waals surface area (Å²) in [6.45, 7) is 6.86. The Morgan fingerprint density at radius 2 is 1.59 bits per heavy atom. The predicted octanol–water partition coefficient (Wildman–Crippen LogP) is 8.24. The van der Waals surface area contributed by atoms with Crippen molar-refractivity contribution in [1.29, 1.82) is 0 Å². The van der Waals surface area contributed by atoms with E-state index in [9.17, 15) is 0 Å². The summed E-state index contributed by atoms with van der Waals surface area (Å²) in [6, 6.07) is 27.4. The van der Waals surface area contributed by atoms with Crippen molar-refractivity contribution in [2.24, 2.45) is 0 Å². The van der Waals surface area contributed by atoms with Crippen LogP contribution in [0.3, 0.4) is 0 Å². The molecule has 0 amide bonds. The van der Waals surface area contributed by atoms with Crippen LogP contribution in [-0.4, -0.2) is 30.0 Å². The monoisotopic (exact) mass is 624 g/mol. The molecule has 0 fully saturated rings. The summed E-state index contributed by atoms with van der Waals surface area (Å²) in [5.74, 6) is 2.60. The van der Waals surface area contributed by atoms with Gasteiger partial charge in [0.2, 0.25) is 0 Å². The number of hydrogen-bond donors (Lipinski definition) is 0. The molecule has 6 rings (SSSR count). The summed E-state index contributed by atoms with van der Waals surface area (Å²) < 4.78 is 13.2. The van der Waals surface area contributed by atoms with Gasteiger partial charge in [0.1, 0.15) is 0 Å². The standard InChI is InChI=1S/C29H23BrN2OTe/c1-29(2,3)24-17-27(31-28-23(24)13-14-34-28)32-25-10-5-4-9-21(25)22-12-11-20(16-26(22)32)33-19-8-6-7-18(30)15-19/h4-17H,1-3H3. The quantitative estimate of drug-likeness (QED) is 0.186. The van der Waals surface area contributed by atoms with E-state index in [1.165, 1.54) is 25.3 Å². The minimum atomic E-state index is -0.399. The van der Waals surface area contributed by atoms with E-state index >= 15 is 0 Å². The van der Waals surface area contributed by atoms with Crippen LogP contribution in [0, 0.1) is 0 Å². The molecule has 0 atom stereocenters. The van der Waals surface area contributed by atoms with Gasteiger partial charge in [-0.25, -0.2) is 0 Å². The number of pyridine rings is 1. The Balaban J connectivity index is 1.62. The van der Waals surface area contributed by atoms with Gasteiger partial charge in [-0.1, -0.05) is 0 Å². The molecular weight excluding hydrogens is 600 g/mol. The van der Waals surface area contributed by atoms with E-state index < -0.39 is 20.4 Å². The third-order valence-corrected chi connectivity index (χ3v) is 8.93. The van der Waals surface area contributed by atoms with Gasteiger partial charge in [0, 0.05) is 0 Å². The Morgan fingerprint density at radius 1 is 0.794 bits per heavy atom. The normalized spacial score (nSPS) is 12.1. The third-order valence-electron chi connectivity index (χ3n) is 6.14. The maximum absolute atomic E-state index is 6.24. The number of rotatable bonds is 3. The Morgan fingerprint density at radius 3 is 2.41 bits per heavy atom. The predicted molar refractivity (Wildman–Crippen MR) is 146 cm³/mol. The summed E-state index contributed by atoms with van der Waals surface area (Å²) in [5.41, 5.74) is 3.67. The van der Waals surface area contributed by atoms with Crippen LogP contribution in [-0.2, 0) is 5.41 Å². The molecule has 0 unspecified atom stereocenters. The molecule has 3 nitrogen and oxygen atoms in total. The molecule has 6 aromatic rings. The molecule has 0 aliphatic carbocycles. The summed E-state index contributed by atoms with van der Waals surface area (Å²) in [5, 5.41) is 3.75. The van der Waals surface area contributed by atoms with Crippen molar-refractivity contribution in [3.8, 4) is 17.3 Å². The van der Waals surface area contributed by atoms with Crippen molar-refractivity contribution in [3.63, 3.8) is 0 Å². The minimum absolute atomic E-state index is 0.0388. The SMILES string of the molecule is CC(C)(C)c1cc(-n2c3ccccc3c3ccc(Oc4cccc(Br)c4)cc32)nc2[te]ccc12. The number of nitrogens with zero attached hydrogens (tertiary/aromatic N) is 2. The van der Waals surface area contributed by atoms with Crippen molar-refractivity contribution in [2.45, 2.75) is 26.2 Å². The van der Waals surface area contributed by atoms with Crippen LogP contribution in [0.5, 0.6) is 11.5 Å². The van der Waals surface area contributed by atoms with Gasteiger partial charge in [-0.05, 0) is 0 Å². The van der Waals surface area contributed by atoms with Crippen LogP contribution in [0.15, 0.2) is 87.4 Å². The number of hydrogen-bond acceptors (Lipinski definition) is 2. The van der Waals surface area contributed by atoms with E-state index in [0.29, 0.717) is 0 Å². The zero-order valence-electron chi connectivity index (χ0n) is 19.2. The number of aromatic nitrogens is 2. The zero-order valence-corrected chi connectivity index (χ0v) is 23.1. The van der Waals surface area contributed by atoms with Crippen molar-refractivity contribution in [2.75, 3.05) is 0 Å². The summed E-state index contributed by atoms with van der Waals surface area (Å²) in [7, 11) is 0. The molecule has 168 valence electrons. The first-order chi connectivity index (χ1) is 16.4. The first kappa shape index (κ1) is 21.9. The molecule has 0 N–H and O–H groups in total. The Bertz CT molecular complexity index is 1690. The fourth-order valence-electron chi connectivity index (χ4n) is 4.60. The Hall–Kier alpha value is -2.58. The number of para-hydroxylation sites is 1. The van der Waals surface area contributed by atoms with E-state index in [-0.39, 0.29) is 5.41 Å². The van der Waals surface area contributed by atoms with Crippen LogP contribution >= 0.6 is 15.9 Å². The van der Waals surface area contributed by atoms with Gasteiger partial charge < -0.3 is 0 Å². The van der Waals surface area contributed by atoms with Crippen molar-refractivity contribution < 1.29 is 4.74 Å². The molecule has 3 aromatic carbocycles. The zero-order chi connectivity index (χ0) is 23.4. The van der Waals surface area contributed by atoms with Crippen molar-refractivity contribution >= 4 is 67.1 Å². The fraction of sp³-hybridized carbons (Fsp3) is 0.138. The van der Waals surface area contributed by atoms with E-state index in [2.05, 4.69) is 93.9 Å². The van der Waals surface area contributed by atoms with Gasteiger partial charge in [0.15, 0.2) is 0 Å². The van der Waals surface area contributed by atoms with E-state index in [1.807, 2.05) is 30.3 Å². The van der Waals surface area contributed by atoms with Crippen LogP contribution in [0.25, 0.3) is 36.5 Å². The second kappa shape index (κ2) is 8.27. The number of benzene rings is 3. The summed E-state index contributed by atoms with van der Waals surface area (Å²) >= 11 is 3.13. The second-order valence-electron chi connectivity index (χ2n) is 9.51. The van der Waals surface area contributed by atoms with Gasteiger partial charge >= 0.3 is 218 Å². The average molecular weight is 623 g/mol. The third kappa shape index (κ3) is 3.77. The molecule has 0 aliphatic heterocycles. The number of halogens is 1. The van der Waals surface area contributed by atoms with E-state index in [1.54, 1.807) is 0 Å². The van der Waals surface area contributed by atoms with Crippen LogP contribution in [0.2, 0.25) is 0 Å². The van der Waals surface area contributed by atoms with Crippen LogP contribution in [0.4, 0.5) is 0 Å². The molecular formula is C29H23BrN2OTe. The Labute approximate surface area is 216 Å². The molecule has 0 bridgehead atoms.